The Morgan fingerprint density at radius 3 is 1.04 bits per heavy atom. The Morgan fingerprint density at radius 2 is 0.821 bits per heavy atom. The van der Waals surface area contributed by atoms with Crippen LogP contribution in [0, 0.1) is 0 Å². The monoisotopic (exact) mass is 380 g/mol. The van der Waals surface area contributed by atoms with Crippen LogP contribution in [0.3, 0.4) is 0 Å². The lowest BCUT2D eigenvalue weighted by Gasteiger charge is -2.30. The van der Waals surface area contributed by atoms with E-state index in [0.717, 1.165) is 47.9 Å². The summed E-state index contributed by atoms with van der Waals surface area (Å²) in [7, 11) is 0. The number of hydrogen-bond acceptors (Lipinski definition) is 2. The Kier molecular flexibility index (Phi) is 6.69. The molecule has 1 aliphatic carbocycles. The maximum Gasteiger partial charge on any atom is 0.121 e. The van der Waals surface area contributed by atoms with Crippen LogP contribution < -0.4 is 0 Å². The predicted octanol–water partition coefficient (Wildman–Crippen LogP) is 6.79. The molecule has 1 saturated carbocycles. The van der Waals surface area contributed by atoms with Gasteiger partial charge in [-0.1, -0.05) is 52.0 Å². The van der Waals surface area contributed by atoms with E-state index in [0.29, 0.717) is 23.3 Å². The molecule has 0 heterocycles. The molecule has 0 atom stereocenters. The van der Waals surface area contributed by atoms with Crippen molar-refractivity contribution < 1.29 is 10.2 Å². The third-order valence-electron chi connectivity index (χ3n) is 6.77. The minimum Gasteiger partial charge on any atom is -0.507 e. The van der Waals surface area contributed by atoms with Gasteiger partial charge in [0.05, 0.1) is 0 Å². The number of phenolic OH excluding ortho intramolecular Hbond substituents is 2. The van der Waals surface area contributed by atoms with E-state index in [-0.39, 0.29) is 0 Å². The summed E-state index contributed by atoms with van der Waals surface area (Å²) in [5.74, 6) is 2.21. The normalized spacial score (nSPS) is 19.7. The molecule has 0 spiro atoms. The molecule has 0 radical (unpaired) electrons. The Balaban J connectivity index is 1.78. The highest BCUT2D eigenvalue weighted by molar-refractivity contribution is 5.46. The highest BCUT2D eigenvalue weighted by Crippen LogP contribution is 2.43. The van der Waals surface area contributed by atoms with Gasteiger partial charge in [0, 0.05) is 0 Å². The topological polar surface area (TPSA) is 40.5 Å². The molecule has 0 unspecified atom stereocenters. The van der Waals surface area contributed by atoms with Gasteiger partial charge in [-0.15, -0.1) is 0 Å². The van der Waals surface area contributed by atoms with Crippen molar-refractivity contribution in [3.05, 3.63) is 57.6 Å². The fraction of sp³-hybridized carbons (Fsp3) is 0.538. The lowest BCUT2D eigenvalue weighted by atomic mass is 9.75. The molecule has 0 bridgehead atoms. The van der Waals surface area contributed by atoms with Crippen molar-refractivity contribution in [1.29, 1.82) is 0 Å². The van der Waals surface area contributed by atoms with Gasteiger partial charge in [-0.25, -0.2) is 0 Å². The first-order valence-electron chi connectivity index (χ1n) is 11.2. The summed E-state index contributed by atoms with van der Waals surface area (Å²) < 4.78 is 0. The minimum absolute atomic E-state index is 0.505. The van der Waals surface area contributed by atoms with E-state index in [1.54, 1.807) is 0 Å². The Hall–Kier alpha value is -1.96. The first kappa shape index (κ1) is 20.8. The van der Waals surface area contributed by atoms with Gasteiger partial charge in [-0.3, -0.25) is 0 Å². The van der Waals surface area contributed by atoms with Crippen LogP contribution in [0.2, 0.25) is 0 Å². The molecule has 2 nitrogen and oxygen atoms in total. The molecule has 2 aromatic carbocycles. The molecule has 0 saturated heterocycles. The van der Waals surface area contributed by atoms with E-state index >= 15 is 0 Å². The first-order valence-corrected chi connectivity index (χ1v) is 11.2. The van der Waals surface area contributed by atoms with Crippen molar-refractivity contribution in [1.82, 2.24) is 0 Å². The first-order chi connectivity index (χ1) is 13.5. The van der Waals surface area contributed by atoms with Crippen molar-refractivity contribution in [2.75, 3.05) is 0 Å². The third kappa shape index (κ3) is 4.06. The van der Waals surface area contributed by atoms with Crippen molar-refractivity contribution in [3.63, 3.8) is 0 Å². The summed E-state index contributed by atoms with van der Waals surface area (Å²) >= 11 is 0. The van der Waals surface area contributed by atoms with Crippen LogP contribution in [0.1, 0.15) is 98.6 Å². The number of hydrogen-bond donors (Lipinski definition) is 2. The summed E-state index contributed by atoms with van der Waals surface area (Å²) in [4.78, 5) is 0. The summed E-state index contributed by atoms with van der Waals surface area (Å²) in [5, 5.41) is 20.8. The van der Waals surface area contributed by atoms with E-state index in [9.17, 15) is 10.2 Å². The quantitative estimate of drug-likeness (QED) is 0.579. The second-order valence-electron chi connectivity index (χ2n) is 8.34. The van der Waals surface area contributed by atoms with Crippen molar-refractivity contribution >= 4 is 0 Å². The maximum absolute atomic E-state index is 10.4. The van der Waals surface area contributed by atoms with Gasteiger partial charge in [-0.2, -0.15) is 0 Å². The second kappa shape index (κ2) is 9.03. The van der Waals surface area contributed by atoms with Gasteiger partial charge < -0.3 is 10.2 Å². The molecule has 152 valence electrons. The molecule has 1 aliphatic rings. The average Bonchev–Trinajstić information content (AvgIpc) is 2.74. The molecule has 0 aliphatic heterocycles. The lowest BCUT2D eigenvalue weighted by molar-refractivity contribution is 0.394. The van der Waals surface area contributed by atoms with Crippen LogP contribution in [0.5, 0.6) is 11.5 Å². The standard InChI is InChI=1S/C26H36O2/c1-5-17-13-23(14-18(6-2)25(17)27)21-9-11-22(12-10-21)24-15-19(7-3)26(28)20(8-4)16-24/h13-16,21-22,27-28H,5-12H2,1-4H3. The zero-order valence-electron chi connectivity index (χ0n) is 18.0. The average molecular weight is 381 g/mol. The fourth-order valence-electron chi connectivity index (χ4n) is 4.88. The summed E-state index contributed by atoms with van der Waals surface area (Å²) in [6.45, 7) is 8.49. The zero-order valence-corrected chi connectivity index (χ0v) is 18.0. The molecule has 3 rings (SSSR count). The summed E-state index contributed by atoms with van der Waals surface area (Å²) in [6.07, 6.45) is 8.34. The summed E-state index contributed by atoms with van der Waals surface area (Å²) in [6, 6.07) is 8.96. The zero-order chi connectivity index (χ0) is 20.3. The summed E-state index contributed by atoms with van der Waals surface area (Å²) in [5.41, 5.74) is 7.20. The van der Waals surface area contributed by atoms with E-state index in [4.69, 9.17) is 0 Å². The number of phenols is 2. The van der Waals surface area contributed by atoms with E-state index in [1.807, 2.05) is 0 Å². The van der Waals surface area contributed by atoms with Crippen LogP contribution in [0.25, 0.3) is 0 Å². The lowest BCUT2D eigenvalue weighted by Crippen LogP contribution is -2.13. The maximum atomic E-state index is 10.4. The van der Waals surface area contributed by atoms with Gasteiger partial charge in [0.2, 0.25) is 0 Å². The van der Waals surface area contributed by atoms with Crippen molar-refractivity contribution in [2.45, 2.75) is 90.9 Å². The largest absolute Gasteiger partial charge is 0.507 e. The SMILES string of the molecule is CCc1cc(C2CCC(c3cc(CC)c(O)c(CC)c3)CC2)cc(CC)c1O. The fourth-order valence-corrected chi connectivity index (χ4v) is 4.88. The third-order valence-corrected chi connectivity index (χ3v) is 6.77. The predicted molar refractivity (Wildman–Crippen MR) is 118 cm³/mol. The number of rotatable bonds is 6. The van der Waals surface area contributed by atoms with E-state index in [1.165, 1.54) is 36.8 Å². The highest BCUT2D eigenvalue weighted by Gasteiger charge is 2.25. The Bertz CT molecular complexity index is 694. The molecule has 2 heteroatoms. The molecular weight excluding hydrogens is 344 g/mol. The molecule has 2 N–H and O–H groups in total. The van der Waals surface area contributed by atoms with Gasteiger partial charge >= 0.3 is 0 Å². The molecule has 28 heavy (non-hydrogen) atoms. The van der Waals surface area contributed by atoms with Crippen molar-refractivity contribution in [2.24, 2.45) is 0 Å². The Morgan fingerprint density at radius 1 is 0.571 bits per heavy atom. The van der Waals surface area contributed by atoms with Gasteiger partial charge in [0.1, 0.15) is 11.5 Å². The van der Waals surface area contributed by atoms with Crippen LogP contribution >= 0.6 is 0 Å². The highest BCUT2D eigenvalue weighted by atomic mass is 16.3. The number of aryl methyl sites for hydroxylation is 4. The van der Waals surface area contributed by atoms with Crippen molar-refractivity contribution in [3.8, 4) is 11.5 Å². The van der Waals surface area contributed by atoms with Crippen LogP contribution in [-0.2, 0) is 25.7 Å². The molecule has 2 aromatic rings. The minimum atomic E-state index is 0.505. The molecule has 0 aromatic heterocycles. The number of aromatic hydroxyl groups is 2. The second-order valence-corrected chi connectivity index (χ2v) is 8.34. The van der Waals surface area contributed by atoms with Crippen LogP contribution in [0.15, 0.2) is 24.3 Å². The van der Waals surface area contributed by atoms with Gasteiger partial charge in [-0.05, 0) is 96.6 Å². The molecule has 1 fully saturated rings. The van der Waals surface area contributed by atoms with Crippen LogP contribution in [0.4, 0.5) is 0 Å². The van der Waals surface area contributed by atoms with Gasteiger partial charge in [0.15, 0.2) is 0 Å². The molecular formula is C26H36O2. The Labute approximate surface area is 170 Å². The van der Waals surface area contributed by atoms with E-state index < -0.39 is 0 Å². The number of benzene rings is 2. The molecule has 0 amide bonds. The van der Waals surface area contributed by atoms with Crippen LogP contribution in [-0.4, -0.2) is 10.2 Å². The van der Waals surface area contributed by atoms with E-state index in [2.05, 4.69) is 52.0 Å². The van der Waals surface area contributed by atoms with Gasteiger partial charge in [0.25, 0.3) is 0 Å². The smallest absolute Gasteiger partial charge is 0.121 e.